The lowest BCUT2D eigenvalue weighted by Gasteiger charge is -2.32. The van der Waals surface area contributed by atoms with Gasteiger partial charge in [0.1, 0.15) is 0 Å². The highest BCUT2D eigenvalue weighted by molar-refractivity contribution is 4.99. The molecule has 1 aliphatic rings. The molecule has 0 amide bonds. The van der Waals surface area contributed by atoms with Crippen LogP contribution in [0.4, 0.5) is 0 Å². The number of hydrogen-bond acceptors (Lipinski definition) is 5. The average Bonchev–Trinajstić information content (AvgIpc) is 2.77. The zero-order chi connectivity index (χ0) is 13.9. The number of nitrogens with zero attached hydrogens (tertiary/aromatic N) is 2. The van der Waals surface area contributed by atoms with Gasteiger partial charge < -0.3 is 15.0 Å². The van der Waals surface area contributed by atoms with E-state index in [0.717, 1.165) is 18.7 Å². The van der Waals surface area contributed by atoms with Crippen molar-refractivity contribution < 1.29 is 9.26 Å². The van der Waals surface area contributed by atoms with Gasteiger partial charge in [-0.15, -0.1) is 0 Å². The van der Waals surface area contributed by atoms with Gasteiger partial charge in [-0.2, -0.15) is 4.98 Å². The SMILES string of the molecule is COCC(N)Cc1nc(C2CCC(C)(C)CC2)no1. The number of nitrogens with two attached hydrogens (primary N) is 1. The lowest BCUT2D eigenvalue weighted by atomic mass is 9.73. The molecule has 0 aliphatic heterocycles. The molecule has 1 aliphatic carbocycles. The van der Waals surface area contributed by atoms with Gasteiger partial charge in [-0.1, -0.05) is 19.0 Å². The first-order chi connectivity index (χ1) is 9.00. The van der Waals surface area contributed by atoms with Crippen LogP contribution >= 0.6 is 0 Å². The summed E-state index contributed by atoms with van der Waals surface area (Å²) in [6.07, 6.45) is 5.33. The summed E-state index contributed by atoms with van der Waals surface area (Å²) in [6.45, 7) is 5.17. The number of methoxy groups -OCH3 is 1. The fourth-order valence-corrected chi connectivity index (χ4v) is 2.67. The van der Waals surface area contributed by atoms with E-state index in [-0.39, 0.29) is 6.04 Å². The van der Waals surface area contributed by atoms with Gasteiger partial charge in [-0.25, -0.2) is 0 Å². The molecule has 0 spiro atoms. The van der Waals surface area contributed by atoms with Gasteiger partial charge >= 0.3 is 0 Å². The Kier molecular flexibility index (Phi) is 4.58. The van der Waals surface area contributed by atoms with Gasteiger partial charge in [0.05, 0.1) is 6.61 Å². The molecule has 2 rings (SSSR count). The van der Waals surface area contributed by atoms with Crippen molar-refractivity contribution in [3.05, 3.63) is 11.7 Å². The van der Waals surface area contributed by atoms with Crippen molar-refractivity contribution in [2.75, 3.05) is 13.7 Å². The molecule has 2 N–H and O–H groups in total. The standard InChI is InChI=1S/C14H25N3O2/c1-14(2)6-4-10(5-7-14)13-16-12(19-17-13)8-11(15)9-18-3/h10-11H,4-9,15H2,1-3H3. The van der Waals surface area contributed by atoms with Crippen LogP contribution in [0.25, 0.3) is 0 Å². The molecule has 0 saturated heterocycles. The predicted octanol–water partition coefficient (Wildman–Crippen LogP) is 2.27. The van der Waals surface area contributed by atoms with Crippen LogP contribution in [0.15, 0.2) is 4.52 Å². The summed E-state index contributed by atoms with van der Waals surface area (Å²) in [4.78, 5) is 4.49. The van der Waals surface area contributed by atoms with Gasteiger partial charge in [0.15, 0.2) is 5.82 Å². The van der Waals surface area contributed by atoms with Crippen LogP contribution in [-0.2, 0) is 11.2 Å². The molecule has 5 nitrogen and oxygen atoms in total. The van der Waals surface area contributed by atoms with Crippen LogP contribution in [0.2, 0.25) is 0 Å². The number of aromatic nitrogens is 2. The van der Waals surface area contributed by atoms with Crippen molar-refractivity contribution in [1.29, 1.82) is 0 Å². The fourth-order valence-electron chi connectivity index (χ4n) is 2.67. The van der Waals surface area contributed by atoms with Crippen LogP contribution in [-0.4, -0.2) is 29.9 Å². The van der Waals surface area contributed by atoms with Crippen LogP contribution < -0.4 is 5.73 Å². The Hall–Kier alpha value is -0.940. The van der Waals surface area contributed by atoms with Gasteiger partial charge in [-0.05, 0) is 31.1 Å². The van der Waals surface area contributed by atoms with E-state index in [4.69, 9.17) is 15.0 Å². The Bertz CT molecular complexity index is 393. The highest BCUT2D eigenvalue weighted by atomic mass is 16.5. The molecule has 1 atom stereocenters. The number of rotatable bonds is 5. The summed E-state index contributed by atoms with van der Waals surface area (Å²) in [5.41, 5.74) is 6.35. The molecule has 0 radical (unpaired) electrons. The van der Waals surface area contributed by atoms with Crippen LogP contribution in [0, 0.1) is 5.41 Å². The summed E-state index contributed by atoms with van der Waals surface area (Å²) in [6, 6.07) is -0.0800. The van der Waals surface area contributed by atoms with E-state index in [2.05, 4.69) is 24.0 Å². The third kappa shape index (κ3) is 4.01. The predicted molar refractivity (Wildman–Crippen MR) is 72.8 cm³/mol. The van der Waals surface area contributed by atoms with E-state index in [1.165, 1.54) is 12.8 Å². The molecule has 1 unspecified atom stereocenters. The van der Waals surface area contributed by atoms with Crippen molar-refractivity contribution in [3.63, 3.8) is 0 Å². The topological polar surface area (TPSA) is 74.2 Å². The molecule has 108 valence electrons. The molecule has 1 aromatic heterocycles. The van der Waals surface area contributed by atoms with Crippen molar-refractivity contribution in [2.24, 2.45) is 11.1 Å². The minimum atomic E-state index is -0.0800. The molecule has 0 aromatic carbocycles. The molecule has 1 aromatic rings. The lowest BCUT2D eigenvalue weighted by Crippen LogP contribution is -2.28. The second-order valence-corrected chi connectivity index (χ2v) is 6.40. The van der Waals surface area contributed by atoms with E-state index in [1.54, 1.807) is 7.11 Å². The summed E-state index contributed by atoms with van der Waals surface area (Å²) in [5, 5.41) is 4.12. The highest BCUT2D eigenvalue weighted by Gasteiger charge is 2.30. The molecule has 1 heterocycles. The minimum absolute atomic E-state index is 0.0800. The van der Waals surface area contributed by atoms with Crippen molar-refractivity contribution in [3.8, 4) is 0 Å². The Morgan fingerprint density at radius 3 is 2.74 bits per heavy atom. The normalized spacial score (nSPS) is 21.5. The van der Waals surface area contributed by atoms with Crippen molar-refractivity contribution >= 4 is 0 Å². The first-order valence-electron chi connectivity index (χ1n) is 7.07. The first-order valence-corrected chi connectivity index (χ1v) is 7.07. The molecular formula is C14H25N3O2. The Labute approximate surface area is 114 Å². The third-order valence-corrected chi connectivity index (χ3v) is 4.01. The molecule has 1 saturated carbocycles. The van der Waals surface area contributed by atoms with E-state index in [9.17, 15) is 0 Å². The van der Waals surface area contributed by atoms with Gasteiger partial charge in [0.2, 0.25) is 5.89 Å². The zero-order valence-corrected chi connectivity index (χ0v) is 12.2. The smallest absolute Gasteiger partial charge is 0.228 e. The highest BCUT2D eigenvalue weighted by Crippen LogP contribution is 2.41. The quantitative estimate of drug-likeness (QED) is 0.885. The van der Waals surface area contributed by atoms with Gasteiger partial charge in [0, 0.05) is 25.5 Å². The maximum atomic E-state index is 5.89. The van der Waals surface area contributed by atoms with E-state index < -0.39 is 0 Å². The number of hydrogen-bond donors (Lipinski definition) is 1. The van der Waals surface area contributed by atoms with Crippen molar-refractivity contribution in [2.45, 2.75) is 57.9 Å². The average molecular weight is 267 g/mol. The Balaban J connectivity index is 1.90. The molecule has 1 fully saturated rings. The molecule has 5 heteroatoms. The summed E-state index contributed by atoms with van der Waals surface area (Å²) in [5.74, 6) is 1.93. The van der Waals surface area contributed by atoms with Gasteiger partial charge in [-0.3, -0.25) is 0 Å². The maximum Gasteiger partial charge on any atom is 0.228 e. The van der Waals surface area contributed by atoms with Gasteiger partial charge in [0.25, 0.3) is 0 Å². The molecule has 19 heavy (non-hydrogen) atoms. The second kappa shape index (κ2) is 6.01. The minimum Gasteiger partial charge on any atom is -0.383 e. The largest absolute Gasteiger partial charge is 0.383 e. The first kappa shape index (κ1) is 14.5. The third-order valence-electron chi connectivity index (χ3n) is 4.01. The van der Waals surface area contributed by atoms with E-state index in [0.29, 0.717) is 30.3 Å². The van der Waals surface area contributed by atoms with Crippen molar-refractivity contribution in [1.82, 2.24) is 10.1 Å². The monoisotopic (exact) mass is 267 g/mol. The Morgan fingerprint density at radius 1 is 1.42 bits per heavy atom. The van der Waals surface area contributed by atoms with E-state index >= 15 is 0 Å². The summed E-state index contributed by atoms with van der Waals surface area (Å²) >= 11 is 0. The summed E-state index contributed by atoms with van der Waals surface area (Å²) < 4.78 is 10.3. The fraction of sp³-hybridized carbons (Fsp3) is 0.857. The summed E-state index contributed by atoms with van der Waals surface area (Å²) in [7, 11) is 1.64. The molecule has 0 bridgehead atoms. The lowest BCUT2D eigenvalue weighted by molar-refractivity contribution is 0.176. The van der Waals surface area contributed by atoms with Crippen LogP contribution in [0.1, 0.15) is 57.2 Å². The van der Waals surface area contributed by atoms with Crippen LogP contribution in [0.5, 0.6) is 0 Å². The number of ether oxygens (including phenoxy) is 1. The zero-order valence-electron chi connectivity index (χ0n) is 12.2. The second-order valence-electron chi connectivity index (χ2n) is 6.40. The van der Waals surface area contributed by atoms with E-state index in [1.807, 2.05) is 0 Å². The molecular weight excluding hydrogens is 242 g/mol. The van der Waals surface area contributed by atoms with Crippen LogP contribution in [0.3, 0.4) is 0 Å². The Morgan fingerprint density at radius 2 is 2.11 bits per heavy atom. The maximum absolute atomic E-state index is 5.89.